The zero-order valence-electron chi connectivity index (χ0n) is 7.97. The molecule has 1 aromatic heterocycles. The first-order valence-electron chi connectivity index (χ1n) is 4.52. The van der Waals surface area contributed by atoms with Crippen LogP contribution in [-0.2, 0) is 13.2 Å². The van der Waals surface area contributed by atoms with Crippen molar-refractivity contribution >= 4 is 0 Å². The lowest BCUT2D eigenvalue weighted by Crippen LogP contribution is -2.06. The van der Waals surface area contributed by atoms with Gasteiger partial charge in [0.05, 0.1) is 25.0 Å². The third-order valence-corrected chi connectivity index (χ3v) is 2.08. The number of halogens is 1. The summed E-state index contributed by atoms with van der Waals surface area (Å²) < 4.78 is 14.4. The van der Waals surface area contributed by atoms with E-state index in [-0.39, 0.29) is 12.4 Å². The molecule has 0 aliphatic heterocycles. The molecule has 2 aromatic rings. The highest BCUT2D eigenvalue weighted by atomic mass is 19.1. The van der Waals surface area contributed by atoms with Crippen LogP contribution in [-0.4, -0.2) is 20.1 Å². The van der Waals surface area contributed by atoms with E-state index < -0.39 is 0 Å². The molecular formula is C10H10FN3O. The summed E-state index contributed by atoms with van der Waals surface area (Å²) in [4.78, 5) is 0. The van der Waals surface area contributed by atoms with E-state index in [1.54, 1.807) is 12.1 Å². The van der Waals surface area contributed by atoms with E-state index >= 15 is 0 Å². The molecule has 4 nitrogen and oxygen atoms in total. The maximum atomic E-state index is 12.9. The Hall–Kier alpha value is -1.75. The van der Waals surface area contributed by atoms with Crippen LogP contribution in [0.2, 0.25) is 0 Å². The molecule has 0 bridgehead atoms. The van der Waals surface area contributed by atoms with Crippen molar-refractivity contribution in [3.05, 3.63) is 47.5 Å². The Morgan fingerprint density at radius 3 is 3.00 bits per heavy atom. The van der Waals surface area contributed by atoms with Gasteiger partial charge in [-0.05, 0) is 17.7 Å². The number of benzene rings is 1. The Morgan fingerprint density at radius 1 is 1.40 bits per heavy atom. The molecule has 0 saturated carbocycles. The Kier molecular flexibility index (Phi) is 2.73. The van der Waals surface area contributed by atoms with Gasteiger partial charge in [-0.1, -0.05) is 17.3 Å². The molecule has 0 saturated heterocycles. The van der Waals surface area contributed by atoms with Gasteiger partial charge in [-0.25, -0.2) is 9.07 Å². The van der Waals surface area contributed by atoms with Crippen LogP contribution in [0.25, 0.3) is 0 Å². The average molecular weight is 207 g/mol. The monoisotopic (exact) mass is 207 g/mol. The number of hydrogen-bond donors (Lipinski definition) is 1. The van der Waals surface area contributed by atoms with Crippen molar-refractivity contribution in [1.82, 2.24) is 15.0 Å². The first-order chi connectivity index (χ1) is 7.29. The first kappa shape index (κ1) is 9.79. The van der Waals surface area contributed by atoms with Crippen LogP contribution in [0.5, 0.6) is 0 Å². The van der Waals surface area contributed by atoms with Crippen molar-refractivity contribution in [3.63, 3.8) is 0 Å². The maximum Gasteiger partial charge on any atom is 0.123 e. The van der Waals surface area contributed by atoms with Crippen LogP contribution in [0.3, 0.4) is 0 Å². The number of aliphatic hydroxyl groups excluding tert-OH is 1. The van der Waals surface area contributed by atoms with Gasteiger partial charge in [-0.2, -0.15) is 0 Å². The molecule has 0 spiro atoms. The first-order valence-corrected chi connectivity index (χ1v) is 4.52. The zero-order valence-corrected chi connectivity index (χ0v) is 7.97. The van der Waals surface area contributed by atoms with E-state index in [4.69, 9.17) is 5.11 Å². The number of aliphatic hydroxyl groups is 1. The molecule has 1 aromatic carbocycles. The second-order valence-electron chi connectivity index (χ2n) is 3.17. The summed E-state index contributed by atoms with van der Waals surface area (Å²) in [5.74, 6) is -0.279. The molecular weight excluding hydrogens is 197 g/mol. The van der Waals surface area contributed by atoms with Gasteiger partial charge in [0.25, 0.3) is 0 Å². The summed E-state index contributed by atoms with van der Waals surface area (Å²) in [5.41, 5.74) is 1.40. The predicted octanol–water partition coefficient (Wildman–Crippen LogP) is 0.958. The molecule has 5 heteroatoms. The molecule has 1 heterocycles. The molecule has 0 radical (unpaired) electrons. The minimum Gasteiger partial charge on any atom is -0.390 e. The summed E-state index contributed by atoms with van der Waals surface area (Å²) in [6.45, 7) is 0.288. The fourth-order valence-electron chi connectivity index (χ4n) is 1.34. The molecule has 0 amide bonds. The molecule has 1 N–H and O–H groups in total. The average Bonchev–Trinajstić information content (AvgIpc) is 2.65. The van der Waals surface area contributed by atoms with Gasteiger partial charge in [0.2, 0.25) is 0 Å². The summed E-state index contributed by atoms with van der Waals surface area (Å²) in [6, 6.07) is 6.26. The number of rotatable bonds is 3. The van der Waals surface area contributed by atoms with Gasteiger partial charge in [-0.3, -0.25) is 0 Å². The van der Waals surface area contributed by atoms with Gasteiger partial charge in [-0.15, -0.1) is 5.10 Å². The van der Waals surface area contributed by atoms with Crippen LogP contribution in [0, 0.1) is 5.82 Å². The zero-order chi connectivity index (χ0) is 10.7. The van der Waals surface area contributed by atoms with Gasteiger partial charge >= 0.3 is 0 Å². The number of hydrogen-bond acceptors (Lipinski definition) is 3. The minimum atomic E-state index is -0.279. The van der Waals surface area contributed by atoms with Crippen molar-refractivity contribution in [2.75, 3.05) is 0 Å². The Morgan fingerprint density at radius 2 is 2.27 bits per heavy atom. The lowest BCUT2D eigenvalue weighted by molar-refractivity contribution is 0.269. The summed E-state index contributed by atoms with van der Waals surface area (Å²) in [5, 5.41) is 16.4. The smallest absolute Gasteiger partial charge is 0.123 e. The van der Waals surface area contributed by atoms with E-state index in [1.165, 1.54) is 23.0 Å². The summed E-state index contributed by atoms with van der Waals surface area (Å²) in [7, 11) is 0. The SMILES string of the molecule is OCc1cnnn1Cc1cccc(F)c1. The fraction of sp³-hybridized carbons (Fsp3) is 0.200. The van der Waals surface area contributed by atoms with Gasteiger partial charge in [0, 0.05) is 0 Å². The summed E-state index contributed by atoms with van der Waals surface area (Å²) >= 11 is 0. The van der Waals surface area contributed by atoms with Crippen molar-refractivity contribution in [1.29, 1.82) is 0 Å². The molecule has 0 unspecified atom stereocenters. The van der Waals surface area contributed by atoms with Crippen LogP contribution in [0.4, 0.5) is 4.39 Å². The molecule has 0 atom stereocenters. The second kappa shape index (κ2) is 4.18. The highest BCUT2D eigenvalue weighted by molar-refractivity contribution is 5.16. The quantitative estimate of drug-likeness (QED) is 0.815. The van der Waals surface area contributed by atoms with Crippen LogP contribution in [0.1, 0.15) is 11.3 Å². The molecule has 0 aliphatic rings. The van der Waals surface area contributed by atoms with Crippen LogP contribution in [0.15, 0.2) is 30.5 Å². The predicted molar refractivity (Wildman–Crippen MR) is 51.4 cm³/mol. The van der Waals surface area contributed by atoms with Crippen molar-refractivity contribution in [2.45, 2.75) is 13.2 Å². The highest BCUT2D eigenvalue weighted by Gasteiger charge is 2.03. The Labute approximate surface area is 86.0 Å². The highest BCUT2D eigenvalue weighted by Crippen LogP contribution is 2.06. The second-order valence-corrected chi connectivity index (χ2v) is 3.17. The van der Waals surface area contributed by atoms with Gasteiger partial charge < -0.3 is 5.11 Å². The largest absolute Gasteiger partial charge is 0.390 e. The van der Waals surface area contributed by atoms with Gasteiger partial charge in [0.1, 0.15) is 5.82 Å². The number of aromatic nitrogens is 3. The third-order valence-electron chi connectivity index (χ3n) is 2.08. The normalized spacial score (nSPS) is 10.5. The summed E-state index contributed by atoms with van der Waals surface area (Å²) in [6.07, 6.45) is 1.49. The van der Waals surface area contributed by atoms with E-state index in [0.717, 1.165) is 5.56 Å². The third kappa shape index (κ3) is 2.19. The fourth-order valence-corrected chi connectivity index (χ4v) is 1.34. The lowest BCUT2D eigenvalue weighted by atomic mass is 10.2. The standard InChI is InChI=1S/C10H10FN3O/c11-9-3-1-2-8(4-9)6-14-10(7-15)5-12-13-14/h1-5,15H,6-7H2. The molecule has 0 fully saturated rings. The Balaban J connectivity index is 2.22. The van der Waals surface area contributed by atoms with E-state index in [1.807, 2.05) is 0 Å². The molecule has 0 aliphatic carbocycles. The topological polar surface area (TPSA) is 50.9 Å². The van der Waals surface area contributed by atoms with E-state index in [9.17, 15) is 4.39 Å². The van der Waals surface area contributed by atoms with E-state index in [0.29, 0.717) is 12.2 Å². The van der Waals surface area contributed by atoms with Crippen molar-refractivity contribution in [2.24, 2.45) is 0 Å². The molecule has 15 heavy (non-hydrogen) atoms. The van der Waals surface area contributed by atoms with Gasteiger partial charge in [0.15, 0.2) is 0 Å². The maximum absolute atomic E-state index is 12.9. The number of nitrogens with zero attached hydrogens (tertiary/aromatic N) is 3. The van der Waals surface area contributed by atoms with Crippen molar-refractivity contribution in [3.8, 4) is 0 Å². The van der Waals surface area contributed by atoms with Crippen LogP contribution >= 0.6 is 0 Å². The molecule has 78 valence electrons. The van der Waals surface area contributed by atoms with Crippen molar-refractivity contribution < 1.29 is 9.50 Å². The molecule has 2 rings (SSSR count). The lowest BCUT2D eigenvalue weighted by Gasteiger charge is -2.04. The van der Waals surface area contributed by atoms with Crippen LogP contribution < -0.4 is 0 Å². The Bertz CT molecular complexity index is 455. The van der Waals surface area contributed by atoms with E-state index in [2.05, 4.69) is 10.3 Å². The minimum absolute atomic E-state index is 0.123.